The Morgan fingerprint density at radius 2 is 1.67 bits per heavy atom. The molecular weight excluding hydrogens is 313 g/mol. The lowest BCUT2D eigenvalue weighted by Crippen LogP contribution is -2.03. The van der Waals surface area contributed by atoms with Gasteiger partial charge in [-0.15, -0.1) is 0 Å². The summed E-state index contributed by atoms with van der Waals surface area (Å²) in [5.41, 5.74) is 2.15. The minimum absolute atomic E-state index is 0.288. The average Bonchev–Trinajstić information content (AvgIpc) is 2.89. The first-order valence-electron chi connectivity index (χ1n) is 7.20. The molecule has 1 aliphatic heterocycles. The Kier molecular flexibility index (Phi) is 4.12. The average molecular weight is 329 g/mol. The van der Waals surface area contributed by atoms with E-state index in [1.54, 1.807) is 24.3 Å². The molecule has 0 unspecified atom stereocenters. The summed E-state index contributed by atoms with van der Waals surface area (Å²) >= 11 is 0. The number of rotatable bonds is 4. The number of methoxy groups -OCH3 is 3. The Balaban J connectivity index is 2.13. The first-order valence-corrected chi connectivity index (χ1v) is 7.20. The summed E-state index contributed by atoms with van der Waals surface area (Å²) in [4.78, 5) is 12.2. The molecule has 0 saturated heterocycles. The van der Waals surface area contributed by atoms with Crippen molar-refractivity contribution in [2.45, 2.75) is 0 Å². The van der Waals surface area contributed by atoms with Gasteiger partial charge in [-0.05, 0) is 42.0 Å². The predicted octanol–water partition coefficient (Wildman–Crippen LogP) is 3.34. The largest absolute Gasteiger partial charge is 0.493 e. The van der Waals surface area contributed by atoms with Crippen molar-refractivity contribution in [2.24, 2.45) is 0 Å². The van der Waals surface area contributed by atoms with Crippen molar-refractivity contribution >= 4 is 23.2 Å². The molecule has 0 aliphatic carbocycles. The highest BCUT2D eigenvalue weighted by atomic mass is 19.1. The second-order valence-corrected chi connectivity index (χ2v) is 5.16. The number of ether oxygens (including phenoxy) is 3. The van der Waals surface area contributed by atoms with E-state index in [9.17, 15) is 9.18 Å². The molecule has 2 aromatic carbocycles. The molecule has 1 amide bonds. The predicted molar refractivity (Wildman–Crippen MR) is 89.0 cm³/mol. The van der Waals surface area contributed by atoms with Gasteiger partial charge in [0.15, 0.2) is 11.5 Å². The van der Waals surface area contributed by atoms with Gasteiger partial charge in [0.05, 0.1) is 21.3 Å². The minimum Gasteiger partial charge on any atom is -0.493 e. The third-order valence-electron chi connectivity index (χ3n) is 3.76. The highest BCUT2D eigenvalue weighted by Gasteiger charge is 2.25. The van der Waals surface area contributed by atoms with Gasteiger partial charge in [0.1, 0.15) is 5.82 Å². The molecular formula is C18H16FNO4. The second kappa shape index (κ2) is 6.23. The summed E-state index contributed by atoms with van der Waals surface area (Å²) in [7, 11) is 4.55. The van der Waals surface area contributed by atoms with Crippen molar-refractivity contribution in [2.75, 3.05) is 26.6 Å². The van der Waals surface area contributed by atoms with E-state index in [0.717, 1.165) is 0 Å². The molecule has 1 heterocycles. The summed E-state index contributed by atoms with van der Waals surface area (Å²) in [6.07, 6.45) is 1.66. The number of carbonyl (C=O) groups excluding carboxylic acids is 1. The zero-order valence-electron chi connectivity index (χ0n) is 13.5. The number of hydrogen-bond donors (Lipinski definition) is 1. The Hall–Kier alpha value is -3.02. The molecule has 0 atom stereocenters. The number of benzene rings is 2. The van der Waals surface area contributed by atoms with Crippen LogP contribution >= 0.6 is 0 Å². The molecule has 6 heteroatoms. The van der Waals surface area contributed by atoms with Gasteiger partial charge in [0.25, 0.3) is 5.91 Å². The van der Waals surface area contributed by atoms with E-state index in [4.69, 9.17) is 14.2 Å². The van der Waals surface area contributed by atoms with Crippen molar-refractivity contribution < 1.29 is 23.4 Å². The lowest BCUT2D eigenvalue weighted by atomic mass is 10.0. The third kappa shape index (κ3) is 2.67. The summed E-state index contributed by atoms with van der Waals surface area (Å²) in [6.45, 7) is 0. The molecule has 1 aliphatic rings. The van der Waals surface area contributed by atoms with Crippen LogP contribution in [0.3, 0.4) is 0 Å². The fourth-order valence-electron chi connectivity index (χ4n) is 2.65. The maximum atomic E-state index is 13.5. The Morgan fingerprint density at radius 1 is 1.00 bits per heavy atom. The van der Waals surface area contributed by atoms with Crippen LogP contribution in [-0.4, -0.2) is 27.2 Å². The molecule has 5 nitrogen and oxygen atoms in total. The summed E-state index contributed by atoms with van der Waals surface area (Å²) < 4.78 is 29.4. The van der Waals surface area contributed by atoms with Crippen LogP contribution in [0.15, 0.2) is 30.3 Å². The van der Waals surface area contributed by atoms with Crippen molar-refractivity contribution in [3.63, 3.8) is 0 Å². The van der Waals surface area contributed by atoms with Crippen LogP contribution in [-0.2, 0) is 4.79 Å². The van der Waals surface area contributed by atoms with Crippen LogP contribution < -0.4 is 19.5 Å². The molecule has 0 aromatic heterocycles. The summed E-state index contributed by atoms with van der Waals surface area (Å²) in [5.74, 6) is 0.720. The Labute approximate surface area is 138 Å². The number of nitrogens with one attached hydrogen (secondary N) is 1. The lowest BCUT2D eigenvalue weighted by molar-refractivity contribution is -0.110. The quantitative estimate of drug-likeness (QED) is 0.874. The topological polar surface area (TPSA) is 56.8 Å². The van der Waals surface area contributed by atoms with E-state index < -0.39 is 5.82 Å². The molecule has 3 rings (SSSR count). The maximum Gasteiger partial charge on any atom is 0.256 e. The van der Waals surface area contributed by atoms with Crippen LogP contribution in [0, 0.1) is 5.82 Å². The number of fused-ring (bicyclic) bond motifs is 1. The standard InChI is InChI=1S/C18H16FNO4/c1-22-15-7-10(8-16(23-2)17(15)24-3)6-13-12-9-11(19)4-5-14(12)20-18(13)21/h4-9H,1-3H3,(H,20,21)/b13-6+. The summed E-state index contributed by atoms with van der Waals surface area (Å²) in [5, 5.41) is 2.71. The lowest BCUT2D eigenvalue weighted by Gasteiger charge is -2.13. The number of hydrogen-bond acceptors (Lipinski definition) is 4. The van der Waals surface area contributed by atoms with Gasteiger partial charge in [-0.3, -0.25) is 4.79 Å². The minimum atomic E-state index is -0.402. The van der Waals surface area contributed by atoms with Crippen LogP contribution in [0.1, 0.15) is 11.1 Å². The molecule has 1 N–H and O–H groups in total. The third-order valence-corrected chi connectivity index (χ3v) is 3.76. The molecule has 0 fully saturated rings. The fraction of sp³-hybridized carbons (Fsp3) is 0.167. The van der Waals surface area contributed by atoms with Crippen LogP contribution in [0.2, 0.25) is 0 Å². The molecule has 0 radical (unpaired) electrons. The van der Waals surface area contributed by atoms with Gasteiger partial charge < -0.3 is 19.5 Å². The van der Waals surface area contributed by atoms with Gasteiger partial charge in [0.2, 0.25) is 5.75 Å². The van der Waals surface area contributed by atoms with E-state index in [1.807, 2.05) is 0 Å². The van der Waals surface area contributed by atoms with E-state index in [-0.39, 0.29) is 5.91 Å². The molecule has 0 spiro atoms. The van der Waals surface area contributed by atoms with Gasteiger partial charge in [-0.2, -0.15) is 0 Å². The van der Waals surface area contributed by atoms with Crippen molar-refractivity contribution in [3.05, 3.63) is 47.3 Å². The van der Waals surface area contributed by atoms with E-state index in [0.29, 0.717) is 39.6 Å². The monoisotopic (exact) mass is 329 g/mol. The first kappa shape index (κ1) is 15.9. The smallest absolute Gasteiger partial charge is 0.256 e. The van der Waals surface area contributed by atoms with E-state index >= 15 is 0 Å². The summed E-state index contributed by atoms with van der Waals surface area (Å²) in [6, 6.07) is 7.62. The van der Waals surface area contributed by atoms with Gasteiger partial charge in [-0.1, -0.05) is 0 Å². The molecule has 24 heavy (non-hydrogen) atoms. The molecule has 0 saturated carbocycles. The SMILES string of the molecule is COc1cc(/C=C2/C(=O)Nc3ccc(F)cc32)cc(OC)c1OC. The van der Waals surface area contributed by atoms with Gasteiger partial charge >= 0.3 is 0 Å². The van der Waals surface area contributed by atoms with E-state index in [1.165, 1.54) is 33.5 Å². The maximum absolute atomic E-state index is 13.5. The number of anilines is 1. The highest BCUT2D eigenvalue weighted by Crippen LogP contribution is 2.40. The zero-order chi connectivity index (χ0) is 17.3. The Bertz CT molecular complexity index is 820. The van der Waals surface area contributed by atoms with Crippen molar-refractivity contribution in [3.8, 4) is 17.2 Å². The fourth-order valence-corrected chi connectivity index (χ4v) is 2.65. The normalized spacial score (nSPS) is 14.3. The molecule has 2 aromatic rings. The Morgan fingerprint density at radius 3 is 2.25 bits per heavy atom. The van der Waals surface area contributed by atoms with Gasteiger partial charge in [0, 0.05) is 16.8 Å². The highest BCUT2D eigenvalue weighted by molar-refractivity contribution is 6.34. The molecule has 0 bridgehead atoms. The number of amides is 1. The van der Waals surface area contributed by atoms with E-state index in [2.05, 4.69) is 5.32 Å². The first-order chi connectivity index (χ1) is 11.6. The van der Waals surface area contributed by atoms with Crippen molar-refractivity contribution in [1.82, 2.24) is 0 Å². The van der Waals surface area contributed by atoms with Crippen LogP contribution in [0.25, 0.3) is 11.6 Å². The zero-order valence-corrected chi connectivity index (χ0v) is 13.5. The van der Waals surface area contributed by atoms with Crippen molar-refractivity contribution in [1.29, 1.82) is 0 Å². The number of carbonyl (C=O) groups is 1. The van der Waals surface area contributed by atoms with Crippen LogP contribution in [0.5, 0.6) is 17.2 Å². The second-order valence-electron chi connectivity index (χ2n) is 5.16. The molecule has 124 valence electrons. The number of halogens is 1. The van der Waals surface area contributed by atoms with Crippen LogP contribution in [0.4, 0.5) is 10.1 Å². The van der Waals surface area contributed by atoms with Gasteiger partial charge in [-0.25, -0.2) is 4.39 Å².